The fraction of sp³-hybridized carbons (Fsp3) is 0. The maximum Gasteiger partial charge on any atom is 0.165 e. The lowest BCUT2D eigenvalue weighted by molar-refractivity contribution is 0.632. The number of rotatable bonds is 1. The van der Waals surface area contributed by atoms with E-state index in [1.54, 1.807) is 16.9 Å². The Hall–Kier alpha value is -2.62. The molecule has 0 aliphatic heterocycles. The van der Waals surface area contributed by atoms with E-state index in [0.717, 1.165) is 27.9 Å². The topological polar surface area (TPSA) is 43.3 Å². The van der Waals surface area contributed by atoms with Crippen LogP contribution in [0.5, 0.6) is 0 Å². The number of para-hydroxylation sites is 1. The van der Waals surface area contributed by atoms with Crippen LogP contribution in [-0.4, -0.2) is 14.6 Å². The van der Waals surface area contributed by atoms with Crippen LogP contribution in [-0.2, 0) is 0 Å². The van der Waals surface area contributed by atoms with Crippen LogP contribution in [0.4, 0.5) is 0 Å². The highest BCUT2D eigenvalue weighted by atomic mass is 16.3. The molecular weight excluding hydrogens is 226 g/mol. The first-order valence-corrected chi connectivity index (χ1v) is 5.69. The molecule has 4 heteroatoms. The Bertz CT molecular complexity index is 811. The van der Waals surface area contributed by atoms with Crippen molar-refractivity contribution < 1.29 is 4.42 Å². The molecule has 0 N–H and O–H groups in total. The Morgan fingerprint density at radius 1 is 1.11 bits per heavy atom. The fourth-order valence-corrected chi connectivity index (χ4v) is 2.12. The summed E-state index contributed by atoms with van der Waals surface area (Å²) in [6.07, 6.45) is 5.40. The molecular formula is C14H9N3O. The summed E-state index contributed by atoms with van der Waals surface area (Å²) in [6, 6.07) is 11.8. The Morgan fingerprint density at radius 3 is 3.00 bits per heavy atom. The van der Waals surface area contributed by atoms with Gasteiger partial charge in [-0.25, -0.2) is 9.50 Å². The summed E-state index contributed by atoms with van der Waals surface area (Å²) in [4.78, 5) is 4.33. The highest BCUT2D eigenvalue weighted by Gasteiger charge is 2.11. The van der Waals surface area contributed by atoms with E-state index in [4.69, 9.17) is 4.42 Å². The predicted molar refractivity (Wildman–Crippen MR) is 68.2 cm³/mol. The summed E-state index contributed by atoms with van der Waals surface area (Å²) in [5.41, 5.74) is 2.59. The molecule has 4 rings (SSSR count). The third kappa shape index (κ3) is 1.26. The van der Waals surface area contributed by atoms with Gasteiger partial charge < -0.3 is 4.42 Å². The van der Waals surface area contributed by atoms with E-state index in [2.05, 4.69) is 10.1 Å². The van der Waals surface area contributed by atoms with Crippen molar-refractivity contribution in [2.24, 2.45) is 0 Å². The molecule has 0 aliphatic carbocycles. The molecule has 0 atom stereocenters. The third-order valence-electron chi connectivity index (χ3n) is 2.97. The van der Waals surface area contributed by atoms with Crippen molar-refractivity contribution in [2.45, 2.75) is 0 Å². The minimum atomic E-state index is 0.796. The predicted octanol–water partition coefficient (Wildman–Crippen LogP) is 3.14. The normalized spacial score (nSPS) is 11.3. The van der Waals surface area contributed by atoms with Crippen molar-refractivity contribution in [1.29, 1.82) is 0 Å². The van der Waals surface area contributed by atoms with Gasteiger partial charge in [0.25, 0.3) is 0 Å². The summed E-state index contributed by atoms with van der Waals surface area (Å²) in [5, 5.41) is 5.35. The second-order valence-electron chi connectivity index (χ2n) is 4.09. The maximum atomic E-state index is 5.83. The van der Waals surface area contributed by atoms with Crippen LogP contribution in [0.2, 0.25) is 0 Å². The second kappa shape index (κ2) is 3.43. The molecule has 0 saturated carbocycles. The molecule has 1 aromatic carbocycles. The van der Waals surface area contributed by atoms with Gasteiger partial charge in [0.2, 0.25) is 0 Å². The van der Waals surface area contributed by atoms with Gasteiger partial charge in [-0.1, -0.05) is 18.2 Å². The highest BCUT2D eigenvalue weighted by molar-refractivity contribution is 5.85. The molecule has 0 fully saturated rings. The monoisotopic (exact) mass is 235 g/mol. The van der Waals surface area contributed by atoms with Crippen molar-refractivity contribution in [3.8, 4) is 11.3 Å². The van der Waals surface area contributed by atoms with E-state index in [-0.39, 0.29) is 0 Å². The number of aromatic nitrogens is 3. The van der Waals surface area contributed by atoms with Gasteiger partial charge in [0, 0.05) is 17.8 Å². The summed E-state index contributed by atoms with van der Waals surface area (Å²) >= 11 is 0. The van der Waals surface area contributed by atoms with Gasteiger partial charge in [-0.15, -0.1) is 0 Å². The average molecular weight is 235 g/mol. The van der Waals surface area contributed by atoms with Crippen LogP contribution in [0.1, 0.15) is 0 Å². The molecule has 0 amide bonds. The molecule has 3 aromatic heterocycles. The smallest absolute Gasteiger partial charge is 0.165 e. The van der Waals surface area contributed by atoms with Crippen LogP contribution in [0.15, 0.2) is 59.4 Å². The van der Waals surface area contributed by atoms with E-state index in [0.29, 0.717) is 0 Å². The second-order valence-corrected chi connectivity index (χ2v) is 4.09. The van der Waals surface area contributed by atoms with Crippen LogP contribution in [0, 0.1) is 0 Å². The lowest BCUT2D eigenvalue weighted by Gasteiger charge is -1.92. The van der Waals surface area contributed by atoms with E-state index in [1.165, 1.54) is 0 Å². The van der Waals surface area contributed by atoms with Crippen LogP contribution in [0.25, 0.3) is 27.9 Å². The zero-order valence-corrected chi connectivity index (χ0v) is 9.45. The van der Waals surface area contributed by atoms with Gasteiger partial charge >= 0.3 is 0 Å². The Labute approximate surface area is 102 Å². The minimum Gasteiger partial charge on any atom is -0.456 e. The largest absolute Gasteiger partial charge is 0.456 e. The SMILES string of the molecule is c1ccc2oc(-c3cnn4cccnc34)cc2c1. The third-order valence-corrected chi connectivity index (χ3v) is 2.97. The number of hydrogen-bond acceptors (Lipinski definition) is 3. The van der Waals surface area contributed by atoms with Crippen LogP contribution < -0.4 is 0 Å². The molecule has 0 bridgehead atoms. The summed E-state index contributed by atoms with van der Waals surface area (Å²) in [5.74, 6) is 0.796. The van der Waals surface area contributed by atoms with Crippen LogP contribution >= 0.6 is 0 Å². The maximum absolute atomic E-state index is 5.83. The van der Waals surface area contributed by atoms with Crippen molar-refractivity contribution in [1.82, 2.24) is 14.6 Å². The van der Waals surface area contributed by atoms with E-state index in [1.807, 2.05) is 42.6 Å². The molecule has 4 aromatic rings. The summed E-state index contributed by atoms with van der Waals surface area (Å²) in [6.45, 7) is 0. The Kier molecular flexibility index (Phi) is 1.80. The number of nitrogens with zero attached hydrogens (tertiary/aromatic N) is 3. The number of hydrogen-bond donors (Lipinski definition) is 0. The molecule has 0 unspecified atom stereocenters. The van der Waals surface area contributed by atoms with Gasteiger partial charge in [0.1, 0.15) is 11.3 Å². The van der Waals surface area contributed by atoms with Gasteiger partial charge in [-0.2, -0.15) is 5.10 Å². The molecule has 0 spiro atoms. The molecule has 0 aliphatic rings. The Morgan fingerprint density at radius 2 is 2.06 bits per heavy atom. The first-order valence-electron chi connectivity index (χ1n) is 5.69. The lowest BCUT2D eigenvalue weighted by atomic mass is 10.2. The molecule has 3 heterocycles. The molecule has 0 saturated heterocycles. The van der Waals surface area contributed by atoms with Crippen molar-refractivity contribution >= 4 is 16.6 Å². The van der Waals surface area contributed by atoms with E-state index in [9.17, 15) is 0 Å². The van der Waals surface area contributed by atoms with Crippen molar-refractivity contribution in [3.05, 3.63) is 55.0 Å². The lowest BCUT2D eigenvalue weighted by Crippen LogP contribution is -1.87. The zero-order chi connectivity index (χ0) is 11.9. The summed E-state index contributed by atoms with van der Waals surface area (Å²) in [7, 11) is 0. The number of furan rings is 1. The van der Waals surface area contributed by atoms with E-state index < -0.39 is 0 Å². The highest BCUT2D eigenvalue weighted by Crippen LogP contribution is 2.29. The molecule has 4 nitrogen and oxygen atoms in total. The van der Waals surface area contributed by atoms with Gasteiger partial charge in [0.15, 0.2) is 5.65 Å². The average Bonchev–Trinajstić information content (AvgIpc) is 3.02. The molecule has 0 radical (unpaired) electrons. The standard InChI is InChI=1S/C14H9N3O/c1-2-5-12-10(4-1)8-13(18-12)11-9-16-17-7-3-6-15-14(11)17/h1-9H. The number of fused-ring (bicyclic) bond motifs is 2. The van der Waals surface area contributed by atoms with Crippen molar-refractivity contribution in [2.75, 3.05) is 0 Å². The van der Waals surface area contributed by atoms with E-state index >= 15 is 0 Å². The van der Waals surface area contributed by atoms with Crippen LogP contribution in [0.3, 0.4) is 0 Å². The first kappa shape index (κ1) is 9.41. The van der Waals surface area contributed by atoms with Crippen molar-refractivity contribution in [3.63, 3.8) is 0 Å². The van der Waals surface area contributed by atoms with Gasteiger partial charge in [0.05, 0.1) is 11.8 Å². The molecule has 86 valence electrons. The molecule has 18 heavy (non-hydrogen) atoms. The first-order chi connectivity index (χ1) is 8.92. The summed E-state index contributed by atoms with van der Waals surface area (Å²) < 4.78 is 7.57. The quantitative estimate of drug-likeness (QED) is 0.509. The minimum absolute atomic E-state index is 0.796. The van der Waals surface area contributed by atoms with Gasteiger partial charge in [-0.3, -0.25) is 0 Å². The fourth-order valence-electron chi connectivity index (χ4n) is 2.12. The zero-order valence-electron chi connectivity index (χ0n) is 9.45. The number of benzene rings is 1. The Balaban J connectivity index is 2.01. The van der Waals surface area contributed by atoms with Gasteiger partial charge in [-0.05, 0) is 18.2 Å².